The Morgan fingerprint density at radius 3 is 2.62 bits per heavy atom. The quantitative estimate of drug-likeness (QED) is 0.557. The summed E-state index contributed by atoms with van der Waals surface area (Å²) in [6.45, 7) is 1.79. The van der Waals surface area contributed by atoms with Gasteiger partial charge in [-0.25, -0.2) is 8.42 Å². The van der Waals surface area contributed by atoms with Gasteiger partial charge in [-0.15, -0.1) is 0 Å². The summed E-state index contributed by atoms with van der Waals surface area (Å²) in [6.07, 6.45) is 1.61. The summed E-state index contributed by atoms with van der Waals surface area (Å²) in [5, 5.41) is 0. The average Bonchev–Trinajstić information content (AvgIpc) is 2.88. The zero-order valence-corrected chi connectivity index (χ0v) is 19.8. The normalized spacial score (nSPS) is 14.9. The van der Waals surface area contributed by atoms with Crippen molar-refractivity contribution in [2.75, 3.05) is 31.1 Å². The molecule has 0 radical (unpaired) electrons. The highest BCUT2D eigenvalue weighted by Crippen LogP contribution is 2.33. The van der Waals surface area contributed by atoms with Gasteiger partial charge in [-0.05, 0) is 60.4 Å². The highest BCUT2D eigenvalue weighted by Gasteiger charge is 2.29. The lowest BCUT2D eigenvalue weighted by atomic mass is 10.0. The Hall–Kier alpha value is -3.52. The van der Waals surface area contributed by atoms with E-state index in [0.29, 0.717) is 49.1 Å². The number of rotatable bonds is 5. The molecule has 0 aliphatic carbocycles. The van der Waals surface area contributed by atoms with Crippen LogP contribution in [-0.2, 0) is 23.0 Å². The van der Waals surface area contributed by atoms with Crippen molar-refractivity contribution in [3.8, 4) is 11.5 Å². The number of benzene rings is 3. The van der Waals surface area contributed by atoms with E-state index in [9.17, 15) is 13.2 Å². The molecular weight excluding hydrogens is 452 g/mol. The molecular formula is C26H26N2O5S. The summed E-state index contributed by atoms with van der Waals surface area (Å²) in [7, 11) is -2.10. The van der Waals surface area contributed by atoms with Gasteiger partial charge < -0.3 is 14.4 Å². The van der Waals surface area contributed by atoms with E-state index in [0.717, 1.165) is 24.0 Å². The van der Waals surface area contributed by atoms with Crippen LogP contribution in [0.1, 0.15) is 27.9 Å². The Balaban J connectivity index is 1.37. The second-order valence-electron chi connectivity index (χ2n) is 8.48. The lowest BCUT2D eigenvalue weighted by Crippen LogP contribution is -2.35. The number of hydrogen-bond acceptors (Lipinski definition) is 5. The van der Waals surface area contributed by atoms with Crippen LogP contribution < -0.4 is 13.8 Å². The Morgan fingerprint density at radius 2 is 1.76 bits per heavy atom. The molecule has 0 aromatic heterocycles. The molecule has 2 aliphatic rings. The number of carbonyl (C=O) groups is 1. The zero-order valence-electron chi connectivity index (χ0n) is 18.9. The number of sulfonamides is 1. The fraction of sp³-hybridized carbons (Fsp3) is 0.269. The van der Waals surface area contributed by atoms with Crippen LogP contribution in [-0.4, -0.2) is 46.0 Å². The van der Waals surface area contributed by atoms with Crippen molar-refractivity contribution < 1.29 is 22.7 Å². The molecule has 2 aliphatic heterocycles. The second-order valence-corrected chi connectivity index (χ2v) is 10.3. The molecule has 5 rings (SSSR count). The fourth-order valence-corrected chi connectivity index (χ4v) is 6.01. The van der Waals surface area contributed by atoms with E-state index in [1.807, 2.05) is 42.5 Å². The summed E-state index contributed by atoms with van der Waals surface area (Å²) in [5.74, 6) is 1.10. The van der Waals surface area contributed by atoms with Crippen LogP contribution in [0.15, 0.2) is 71.6 Å². The van der Waals surface area contributed by atoms with Gasteiger partial charge in [-0.3, -0.25) is 9.10 Å². The zero-order chi connectivity index (χ0) is 23.7. The number of ether oxygens (including phenoxy) is 2. The van der Waals surface area contributed by atoms with Crippen molar-refractivity contribution in [2.45, 2.75) is 24.3 Å². The summed E-state index contributed by atoms with van der Waals surface area (Å²) in [5.41, 5.74) is 2.95. The molecule has 3 aromatic rings. The largest absolute Gasteiger partial charge is 0.486 e. The monoisotopic (exact) mass is 478 g/mol. The maximum atomic E-state index is 13.5. The molecule has 0 atom stereocenters. The SMILES string of the molecule is CN(Cc1ccc2c(c1)OCCO2)C(=O)c1cccc(S(=O)(=O)N2CCCc3ccccc32)c1. The molecule has 7 nitrogen and oxygen atoms in total. The topological polar surface area (TPSA) is 76.1 Å². The van der Waals surface area contributed by atoms with Crippen molar-refractivity contribution in [3.05, 3.63) is 83.4 Å². The third-order valence-corrected chi connectivity index (χ3v) is 7.92. The molecule has 1 amide bonds. The van der Waals surface area contributed by atoms with Crippen LogP contribution in [0.3, 0.4) is 0 Å². The molecule has 0 spiro atoms. The first-order valence-corrected chi connectivity index (χ1v) is 12.7. The fourth-order valence-electron chi connectivity index (χ4n) is 4.42. The van der Waals surface area contributed by atoms with Gasteiger partial charge in [0.25, 0.3) is 15.9 Å². The average molecular weight is 479 g/mol. The molecule has 0 saturated carbocycles. The number of nitrogens with zero attached hydrogens (tertiary/aromatic N) is 2. The molecule has 2 heterocycles. The minimum Gasteiger partial charge on any atom is -0.486 e. The molecule has 3 aromatic carbocycles. The van der Waals surface area contributed by atoms with Crippen LogP contribution in [0.2, 0.25) is 0 Å². The summed E-state index contributed by atoms with van der Waals surface area (Å²) < 4.78 is 39.6. The smallest absolute Gasteiger partial charge is 0.264 e. The molecule has 0 saturated heterocycles. The molecule has 176 valence electrons. The van der Waals surface area contributed by atoms with E-state index in [4.69, 9.17) is 9.47 Å². The van der Waals surface area contributed by atoms with E-state index in [-0.39, 0.29) is 10.8 Å². The first-order valence-electron chi connectivity index (χ1n) is 11.3. The van der Waals surface area contributed by atoms with Crippen molar-refractivity contribution in [1.82, 2.24) is 4.90 Å². The van der Waals surface area contributed by atoms with E-state index in [1.54, 1.807) is 30.1 Å². The van der Waals surface area contributed by atoms with E-state index >= 15 is 0 Å². The number of fused-ring (bicyclic) bond motifs is 2. The van der Waals surface area contributed by atoms with Gasteiger partial charge in [0.1, 0.15) is 13.2 Å². The van der Waals surface area contributed by atoms with E-state index < -0.39 is 10.0 Å². The van der Waals surface area contributed by atoms with Crippen molar-refractivity contribution in [1.29, 1.82) is 0 Å². The molecule has 0 fully saturated rings. The molecule has 8 heteroatoms. The highest BCUT2D eigenvalue weighted by molar-refractivity contribution is 7.92. The first kappa shape index (κ1) is 22.3. The van der Waals surface area contributed by atoms with Gasteiger partial charge in [0.05, 0.1) is 10.6 Å². The van der Waals surface area contributed by atoms with Crippen LogP contribution >= 0.6 is 0 Å². The van der Waals surface area contributed by atoms with Gasteiger partial charge in [0.2, 0.25) is 0 Å². The standard InChI is InChI=1S/C26H26N2O5S/c1-27(18-19-11-12-24-25(16-19)33-15-14-32-24)26(29)21-7-4-9-22(17-21)34(30,31)28-13-5-8-20-6-2-3-10-23(20)28/h2-4,6-7,9-12,16-17H,5,8,13-15,18H2,1H3. The van der Waals surface area contributed by atoms with Crippen LogP contribution in [0.4, 0.5) is 5.69 Å². The van der Waals surface area contributed by atoms with Gasteiger partial charge in [-0.2, -0.15) is 0 Å². The molecule has 0 unspecified atom stereocenters. The Bertz CT molecular complexity index is 1340. The summed E-state index contributed by atoms with van der Waals surface area (Å²) in [4.78, 5) is 14.8. The predicted octanol–water partition coefficient (Wildman–Crippen LogP) is 3.87. The van der Waals surface area contributed by atoms with E-state index in [2.05, 4.69) is 0 Å². The highest BCUT2D eigenvalue weighted by atomic mass is 32.2. The predicted molar refractivity (Wildman–Crippen MR) is 129 cm³/mol. The number of anilines is 1. The summed E-state index contributed by atoms with van der Waals surface area (Å²) in [6, 6.07) is 19.4. The van der Waals surface area contributed by atoms with Crippen LogP contribution in [0, 0.1) is 0 Å². The number of amides is 1. The molecule has 0 bridgehead atoms. The van der Waals surface area contributed by atoms with Crippen molar-refractivity contribution in [2.24, 2.45) is 0 Å². The Morgan fingerprint density at radius 1 is 0.971 bits per heavy atom. The van der Waals surface area contributed by atoms with Gasteiger partial charge >= 0.3 is 0 Å². The molecule has 0 N–H and O–H groups in total. The first-order chi connectivity index (χ1) is 16.4. The number of carbonyl (C=O) groups excluding carboxylic acids is 1. The van der Waals surface area contributed by atoms with Crippen molar-refractivity contribution in [3.63, 3.8) is 0 Å². The third-order valence-electron chi connectivity index (χ3n) is 6.11. The summed E-state index contributed by atoms with van der Waals surface area (Å²) >= 11 is 0. The minimum atomic E-state index is -3.79. The van der Waals surface area contributed by atoms with E-state index in [1.165, 1.54) is 10.4 Å². The Labute approximate surface area is 199 Å². The molecule has 34 heavy (non-hydrogen) atoms. The van der Waals surface area contributed by atoms with Crippen LogP contribution in [0.5, 0.6) is 11.5 Å². The Kier molecular flexibility index (Phi) is 5.91. The van der Waals surface area contributed by atoms with Gasteiger partial charge in [0, 0.05) is 25.7 Å². The minimum absolute atomic E-state index is 0.114. The van der Waals surface area contributed by atoms with Crippen LogP contribution in [0.25, 0.3) is 0 Å². The number of hydrogen-bond donors (Lipinski definition) is 0. The maximum Gasteiger partial charge on any atom is 0.264 e. The number of para-hydroxylation sites is 1. The third kappa shape index (κ3) is 4.21. The van der Waals surface area contributed by atoms with Gasteiger partial charge in [-0.1, -0.05) is 30.3 Å². The lowest BCUT2D eigenvalue weighted by Gasteiger charge is -2.30. The number of aryl methyl sites for hydroxylation is 1. The lowest BCUT2D eigenvalue weighted by molar-refractivity contribution is 0.0784. The van der Waals surface area contributed by atoms with Crippen molar-refractivity contribution >= 4 is 21.6 Å². The van der Waals surface area contributed by atoms with Gasteiger partial charge in [0.15, 0.2) is 11.5 Å². The second kappa shape index (κ2) is 9.02. The maximum absolute atomic E-state index is 13.5.